The molecule has 1 aliphatic heterocycles. The number of aliphatic hydroxyl groups is 1. The molecule has 4 nitrogen and oxygen atoms in total. The van der Waals surface area contributed by atoms with Crippen LogP contribution in [0.3, 0.4) is 0 Å². The van der Waals surface area contributed by atoms with Gasteiger partial charge < -0.3 is 14.7 Å². The van der Waals surface area contributed by atoms with Crippen molar-refractivity contribution in [2.45, 2.75) is 63.8 Å². The normalized spacial score (nSPS) is 25.7. The lowest BCUT2D eigenvalue weighted by Crippen LogP contribution is -2.60. The lowest BCUT2D eigenvalue weighted by atomic mass is 9.79. The minimum absolute atomic E-state index is 0.138. The Morgan fingerprint density at radius 2 is 1.68 bits per heavy atom. The van der Waals surface area contributed by atoms with Crippen molar-refractivity contribution in [1.82, 2.24) is 9.80 Å². The van der Waals surface area contributed by atoms with Crippen LogP contribution in [0.4, 0.5) is 0 Å². The third-order valence-electron chi connectivity index (χ3n) is 4.37. The third kappa shape index (κ3) is 4.71. The zero-order chi connectivity index (χ0) is 14.8. The molecule has 0 aliphatic carbocycles. The maximum absolute atomic E-state index is 9.89. The topological polar surface area (TPSA) is 35.9 Å². The molecule has 1 aliphatic rings. The van der Waals surface area contributed by atoms with Crippen LogP contribution in [0.2, 0.25) is 0 Å². The fourth-order valence-electron chi connectivity index (χ4n) is 3.12. The third-order valence-corrected chi connectivity index (χ3v) is 4.37. The second-order valence-electron chi connectivity index (χ2n) is 7.46. The molecule has 0 radical (unpaired) electrons. The summed E-state index contributed by atoms with van der Waals surface area (Å²) in [6.45, 7) is 10.1. The van der Waals surface area contributed by atoms with Gasteiger partial charge in [0.1, 0.15) is 0 Å². The molecular weight excluding hydrogens is 240 g/mol. The Labute approximate surface area is 118 Å². The second kappa shape index (κ2) is 6.08. The first kappa shape index (κ1) is 16.9. The first-order chi connectivity index (χ1) is 8.54. The van der Waals surface area contributed by atoms with Crippen LogP contribution in [0, 0.1) is 0 Å². The molecule has 1 atom stereocenters. The molecule has 114 valence electrons. The van der Waals surface area contributed by atoms with Gasteiger partial charge in [0.25, 0.3) is 0 Å². The van der Waals surface area contributed by atoms with E-state index in [0.717, 1.165) is 12.8 Å². The molecule has 4 heteroatoms. The van der Waals surface area contributed by atoms with Gasteiger partial charge in [-0.25, -0.2) is 0 Å². The van der Waals surface area contributed by atoms with Crippen LogP contribution in [-0.2, 0) is 4.74 Å². The largest absolute Gasteiger partial charge is 0.389 e. The van der Waals surface area contributed by atoms with Gasteiger partial charge in [-0.3, -0.25) is 4.90 Å². The molecule has 1 N–H and O–H groups in total. The Hall–Kier alpha value is -0.160. The molecule has 1 heterocycles. The molecule has 0 bridgehead atoms. The van der Waals surface area contributed by atoms with Crippen LogP contribution in [-0.4, -0.2) is 72.5 Å². The Bertz CT molecular complexity index is 272. The number of nitrogens with zero attached hydrogens (tertiary/aromatic N) is 2. The highest BCUT2D eigenvalue weighted by atomic mass is 16.5. The van der Waals surface area contributed by atoms with Crippen molar-refractivity contribution in [2.24, 2.45) is 0 Å². The minimum Gasteiger partial charge on any atom is -0.389 e. The van der Waals surface area contributed by atoms with Gasteiger partial charge in [-0.1, -0.05) is 0 Å². The molecule has 0 aromatic carbocycles. The van der Waals surface area contributed by atoms with Crippen molar-refractivity contribution in [3.05, 3.63) is 0 Å². The zero-order valence-electron chi connectivity index (χ0n) is 13.7. The van der Waals surface area contributed by atoms with Gasteiger partial charge in [-0.15, -0.1) is 0 Å². The van der Waals surface area contributed by atoms with Gasteiger partial charge >= 0.3 is 0 Å². The summed E-state index contributed by atoms with van der Waals surface area (Å²) in [4.78, 5) is 4.42. The van der Waals surface area contributed by atoms with Crippen molar-refractivity contribution < 1.29 is 9.84 Å². The fraction of sp³-hybridized carbons (Fsp3) is 1.00. The number of aliphatic hydroxyl groups excluding tert-OH is 1. The van der Waals surface area contributed by atoms with E-state index >= 15 is 0 Å². The van der Waals surface area contributed by atoms with Gasteiger partial charge in [-0.05, 0) is 61.7 Å². The number of rotatable bonds is 5. The highest BCUT2D eigenvalue weighted by Crippen LogP contribution is 2.38. The Kier molecular flexibility index (Phi) is 5.41. The summed E-state index contributed by atoms with van der Waals surface area (Å²) in [6.07, 6.45) is 1.86. The van der Waals surface area contributed by atoms with E-state index in [0.29, 0.717) is 13.2 Å². The number of ether oxygens (including phenoxy) is 1. The average Bonchev–Trinajstić information content (AvgIpc) is 2.21. The molecule has 0 saturated carbocycles. The Balaban J connectivity index is 2.52. The summed E-state index contributed by atoms with van der Waals surface area (Å²) in [7, 11) is 6.12. The van der Waals surface area contributed by atoms with Crippen molar-refractivity contribution in [3.8, 4) is 0 Å². The summed E-state index contributed by atoms with van der Waals surface area (Å²) in [6, 6.07) is 0. The SMILES string of the molecule is CN(C)CC(O)COC1CC(C)(C)N(C)C(C)(C)C1. The van der Waals surface area contributed by atoms with Gasteiger partial charge in [0, 0.05) is 17.6 Å². The van der Waals surface area contributed by atoms with Gasteiger partial charge in [0.05, 0.1) is 18.8 Å². The van der Waals surface area contributed by atoms with Gasteiger partial charge in [0.15, 0.2) is 0 Å². The lowest BCUT2D eigenvalue weighted by molar-refractivity contribution is -0.107. The van der Waals surface area contributed by atoms with E-state index in [4.69, 9.17) is 4.74 Å². The molecule has 0 spiro atoms. The van der Waals surface area contributed by atoms with Crippen LogP contribution >= 0.6 is 0 Å². The van der Waals surface area contributed by atoms with Gasteiger partial charge in [0.2, 0.25) is 0 Å². The second-order valence-corrected chi connectivity index (χ2v) is 7.46. The summed E-state index contributed by atoms with van der Waals surface area (Å²) in [5.74, 6) is 0. The van der Waals surface area contributed by atoms with Crippen molar-refractivity contribution in [2.75, 3.05) is 34.3 Å². The van der Waals surface area contributed by atoms with Crippen LogP contribution < -0.4 is 0 Å². The van der Waals surface area contributed by atoms with E-state index in [1.807, 2.05) is 19.0 Å². The molecule has 1 rings (SSSR count). The minimum atomic E-state index is -0.402. The molecule has 19 heavy (non-hydrogen) atoms. The number of piperidine rings is 1. The van der Waals surface area contributed by atoms with Crippen LogP contribution in [0.1, 0.15) is 40.5 Å². The zero-order valence-corrected chi connectivity index (χ0v) is 13.7. The standard InChI is InChI=1S/C15H32N2O2/c1-14(2)8-13(9-15(3,4)17(14)7)19-11-12(18)10-16(5)6/h12-13,18H,8-11H2,1-7H3. The molecule has 0 aromatic heterocycles. The van der Waals surface area contributed by atoms with E-state index in [-0.39, 0.29) is 17.2 Å². The lowest BCUT2D eigenvalue weighted by Gasteiger charge is -2.53. The summed E-state index contributed by atoms with van der Waals surface area (Å²) in [5.41, 5.74) is 0.276. The summed E-state index contributed by atoms with van der Waals surface area (Å²) >= 11 is 0. The highest BCUT2D eigenvalue weighted by molar-refractivity contribution is 4.98. The van der Waals surface area contributed by atoms with Gasteiger partial charge in [-0.2, -0.15) is 0 Å². The van der Waals surface area contributed by atoms with E-state index in [1.165, 1.54) is 0 Å². The maximum Gasteiger partial charge on any atom is 0.0900 e. The highest BCUT2D eigenvalue weighted by Gasteiger charge is 2.43. The Morgan fingerprint density at radius 3 is 2.11 bits per heavy atom. The number of hydrogen-bond donors (Lipinski definition) is 1. The van der Waals surface area contributed by atoms with E-state index in [2.05, 4.69) is 39.6 Å². The summed E-state index contributed by atoms with van der Waals surface area (Å²) in [5, 5.41) is 9.89. The Morgan fingerprint density at radius 1 is 1.21 bits per heavy atom. The summed E-state index contributed by atoms with van der Waals surface area (Å²) < 4.78 is 5.96. The van der Waals surface area contributed by atoms with Crippen LogP contribution in [0.25, 0.3) is 0 Å². The predicted molar refractivity (Wildman–Crippen MR) is 79.5 cm³/mol. The molecular formula is C15H32N2O2. The molecule has 1 saturated heterocycles. The quantitative estimate of drug-likeness (QED) is 0.824. The van der Waals surface area contributed by atoms with Crippen molar-refractivity contribution >= 4 is 0 Å². The first-order valence-electron chi connectivity index (χ1n) is 7.23. The number of hydrogen-bond acceptors (Lipinski definition) is 4. The van der Waals surface area contributed by atoms with Crippen molar-refractivity contribution in [1.29, 1.82) is 0 Å². The monoisotopic (exact) mass is 272 g/mol. The number of likely N-dealkylation sites (tertiary alicyclic amines) is 1. The smallest absolute Gasteiger partial charge is 0.0900 e. The maximum atomic E-state index is 9.89. The van der Waals surface area contributed by atoms with E-state index in [1.54, 1.807) is 0 Å². The van der Waals surface area contributed by atoms with E-state index in [9.17, 15) is 5.11 Å². The fourth-order valence-corrected chi connectivity index (χ4v) is 3.12. The first-order valence-corrected chi connectivity index (χ1v) is 7.23. The van der Waals surface area contributed by atoms with Crippen LogP contribution in [0.5, 0.6) is 0 Å². The number of likely N-dealkylation sites (N-methyl/N-ethyl adjacent to an activating group) is 1. The molecule has 0 amide bonds. The van der Waals surface area contributed by atoms with E-state index < -0.39 is 6.10 Å². The van der Waals surface area contributed by atoms with Crippen LogP contribution in [0.15, 0.2) is 0 Å². The predicted octanol–water partition coefficient (Wildman–Crippen LogP) is 1.58. The van der Waals surface area contributed by atoms with Crippen molar-refractivity contribution in [3.63, 3.8) is 0 Å². The average molecular weight is 272 g/mol. The molecule has 1 fully saturated rings. The molecule has 1 unspecified atom stereocenters. The molecule has 0 aromatic rings.